The number of aromatic nitrogens is 2. The highest BCUT2D eigenvalue weighted by Gasteiger charge is 2.09. The Labute approximate surface area is 117 Å². The van der Waals surface area contributed by atoms with Gasteiger partial charge in [0, 0.05) is 28.2 Å². The van der Waals surface area contributed by atoms with Gasteiger partial charge in [-0.1, -0.05) is 0 Å². The van der Waals surface area contributed by atoms with Gasteiger partial charge in [-0.15, -0.1) is 11.3 Å². The summed E-state index contributed by atoms with van der Waals surface area (Å²) in [6.45, 7) is 0.826. The van der Waals surface area contributed by atoms with Crippen LogP contribution in [0.4, 0.5) is 0 Å². The second-order valence-corrected chi connectivity index (χ2v) is 6.57. The van der Waals surface area contributed by atoms with Crippen molar-refractivity contribution < 1.29 is 5.11 Å². The maximum atomic E-state index is 9.37. The van der Waals surface area contributed by atoms with Gasteiger partial charge < -0.3 is 9.67 Å². The van der Waals surface area contributed by atoms with E-state index < -0.39 is 0 Å². The molecule has 0 spiro atoms. The molecule has 0 saturated carbocycles. The normalized spacial score (nSPS) is 11.2. The van der Waals surface area contributed by atoms with E-state index in [1.165, 1.54) is 4.88 Å². The van der Waals surface area contributed by atoms with Gasteiger partial charge in [-0.25, -0.2) is 4.98 Å². The molecule has 0 aliphatic heterocycles. The molecule has 0 radical (unpaired) electrons. The lowest BCUT2D eigenvalue weighted by Gasteiger charge is -2.01. The van der Waals surface area contributed by atoms with Gasteiger partial charge in [-0.3, -0.25) is 0 Å². The van der Waals surface area contributed by atoms with E-state index in [9.17, 15) is 5.11 Å². The van der Waals surface area contributed by atoms with Crippen molar-refractivity contribution in [3.05, 3.63) is 50.9 Å². The lowest BCUT2D eigenvalue weighted by atomic mass is 10.2. The Morgan fingerprint density at radius 3 is 2.94 bits per heavy atom. The second-order valence-electron chi connectivity index (χ2n) is 4.02. The maximum absolute atomic E-state index is 9.37. The summed E-state index contributed by atoms with van der Waals surface area (Å²) in [5.74, 6) is 0. The highest BCUT2D eigenvalue weighted by atomic mass is 79.9. The molecule has 0 atom stereocenters. The number of nitrogens with zero attached hydrogens (tertiary/aromatic N) is 2. The van der Waals surface area contributed by atoms with E-state index in [-0.39, 0.29) is 6.61 Å². The van der Waals surface area contributed by atoms with Gasteiger partial charge >= 0.3 is 0 Å². The third-order valence-corrected chi connectivity index (χ3v) is 4.45. The van der Waals surface area contributed by atoms with Crippen LogP contribution < -0.4 is 0 Å². The van der Waals surface area contributed by atoms with Gasteiger partial charge in [0.2, 0.25) is 0 Å². The third-order valence-electron chi connectivity index (χ3n) is 2.84. The number of aliphatic hydroxyl groups is 1. The lowest BCUT2D eigenvalue weighted by Crippen LogP contribution is -1.96. The summed E-state index contributed by atoms with van der Waals surface area (Å²) in [5, 5.41) is 10.4. The van der Waals surface area contributed by atoms with Gasteiger partial charge in [0.05, 0.1) is 16.9 Å². The molecule has 5 heteroatoms. The molecule has 0 aliphatic carbocycles. The molecule has 3 heterocycles. The fourth-order valence-electron chi connectivity index (χ4n) is 2.05. The average molecular weight is 323 g/mol. The Bertz CT molecular complexity index is 689. The van der Waals surface area contributed by atoms with E-state index in [4.69, 9.17) is 0 Å². The molecule has 18 heavy (non-hydrogen) atoms. The van der Waals surface area contributed by atoms with E-state index in [0.717, 1.165) is 26.9 Å². The van der Waals surface area contributed by atoms with Gasteiger partial charge in [0.15, 0.2) is 0 Å². The molecule has 0 aromatic carbocycles. The Balaban J connectivity index is 2.06. The summed E-state index contributed by atoms with van der Waals surface area (Å²) in [6.07, 6.45) is 3.76. The van der Waals surface area contributed by atoms with Crippen molar-refractivity contribution in [3.63, 3.8) is 0 Å². The number of pyridine rings is 1. The largest absolute Gasteiger partial charge is 0.392 e. The minimum Gasteiger partial charge on any atom is -0.392 e. The average Bonchev–Trinajstić information content (AvgIpc) is 2.95. The van der Waals surface area contributed by atoms with E-state index in [1.54, 1.807) is 17.5 Å². The van der Waals surface area contributed by atoms with Crippen LogP contribution in [-0.4, -0.2) is 14.7 Å². The second kappa shape index (κ2) is 4.84. The number of thiophene rings is 1. The minimum atomic E-state index is 0.0450. The van der Waals surface area contributed by atoms with Gasteiger partial charge in [0.25, 0.3) is 0 Å². The highest BCUT2D eigenvalue weighted by molar-refractivity contribution is 9.11. The molecular formula is C13H11BrN2OS. The van der Waals surface area contributed by atoms with Crippen LogP contribution in [0.1, 0.15) is 10.4 Å². The zero-order valence-electron chi connectivity index (χ0n) is 9.51. The standard InChI is InChI=1S/C13H11BrN2OS/c14-12-4-3-10(18-12)7-16-6-9(8-17)11-2-1-5-15-13(11)16/h1-6,17H,7-8H2. The number of rotatable bonds is 3. The quantitative estimate of drug-likeness (QED) is 0.802. The third kappa shape index (κ3) is 2.09. The molecule has 3 aromatic heterocycles. The minimum absolute atomic E-state index is 0.0450. The van der Waals surface area contributed by atoms with Crippen LogP contribution in [0.15, 0.2) is 40.4 Å². The molecule has 0 aliphatic rings. The van der Waals surface area contributed by atoms with Crippen LogP contribution in [0.3, 0.4) is 0 Å². The zero-order valence-corrected chi connectivity index (χ0v) is 11.9. The van der Waals surface area contributed by atoms with Crippen molar-refractivity contribution in [1.82, 2.24) is 9.55 Å². The Morgan fingerprint density at radius 1 is 1.33 bits per heavy atom. The summed E-state index contributed by atoms with van der Waals surface area (Å²) >= 11 is 5.18. The molecule has 0 amide bonds. The van der Waals surface area contributed by atoms with Gasteiger partial charge in [-0.05, 0) is 40.2 Å². The Hall–Kier alpha value is -1.17. The summed E-state index contributed by atoms with van der Waals surface area (Å²) in [6, 6.07) is 8.04. The number of aliphatic hydroxyl groups excluding tert-OH is 1. The predicted octanol–water partition coefficient (Wildman–Crippen LogP) is 3.40. The van der Waals surface area contributed by atoms with Gasteiger partial charge in [-0.2, -0.15) is 0 Å². The monoisotopic (exact) mass is 322 g/mol. The fourth-order valence-corrected chi connectivity index (χ4v) is 3.53. The van der Waals surface area contributed by atoms with Gasteiger partial charge in [0.1, 0.15) is 5.65 Å². The van der Waals surface area contributed by atoms with Crippen molar-refractivity contribution in [2.45, 2.75) is 13.2 Å². The smallest absolute Gasteiger partial charge is 0.140 e. The SMILES string of the molecule is OCc1cn(Cc2ccc(Br)s2)c2ncccc12. The summed E-state index contributed by atoms with van der Waals surface area (Å²) in [7, 11) is 0. The molecule has 92 valence electrons. The fraction of sp³-hybridized carbons (Fsp3) is 0.154. The summed E-state index contributed by atoms with van der Waals surface area (Å²) in [4.78, 5) is 5.66. The number of hydrogen-bond acceptors (Lipinski definition) is 3. The molecule has 3 nitrogen and oxygen atoms in total. The zero-order chi connectivity index (χ0) is 12.5. The molecule has 3 rings (SSSR count). The first-order valence-electron chi connectivity index (χ1n) is 5.56. The Kier molecular flexibility index (Phi) is 3.20. The van der Waals surface area contributed by atoms with Crippen LogP contribution in [0.25, 0.3) is 11.0 Å². The van der Waals surface area contributed by atoms with E-state index in [0.29, 0.717) is 0 Å². The van der Waals surface area contributed by atoms with E-state index in [2.05, 4.69) is 31.5 Å². The number of fused-ring (bicyclic) bond motifs is 1. The summed E-state index contributed by atoms with van der Waals surface area (Å²) in [5.41, 5.74) is 1.85. The lowest BCUT2D eigenvalue weighted by molar-refractivity contribution is 0.283. The molecule has 3 aromatic rings. The van der Waals surface area contributed by atoms with Crippen LogP contribution in [0.5, 0.6) is 0 Å². The van der Waals surface area contributed by atoms with Crippen molar-refractivity contribution in [2.24, 2.45) is 0 Å². The van der Waals surface area contributed by atoms with Crippen molar-refractivity contribution in [1.29, 1.82) is 0 Å². The first-order chi connectivity index (χ1) is 8.78. The predicted molar refractivity (Wildman–Crippen MR) is 76.8 cm³/mol. The van der Waals surface area contributed by atoms with Crippen molar-refractivity contribution in [3.8, 4) is 0 Å². The first kappa shape index (κ1) is 11.9. The molecular weight excluding hydrogens is 312 g/mol. The van der Waals surface area contributed by atoms with Crippen LogP contribution in [0.2, 0.25) is 0 Å². The van der Waals surface area contributed by atoms with Crippen LogP contribution in [-0.2, 0) is 13.2 Å². The molecule has 0 fully saturated rings. The van der Waals surface area contributed by atoms with E-state index in [1.807, 2.05) is 24.4 Å². The topological polar surface area (TPSA) is 38.0 Å². The molecule has 0 bridgehead atoms. The van der Waals surface area contributed by atoms with Crippen LogP contribution >= 0.6 is 27.3 Å². The first-order valence-corrected chi connectivity index (χ1v) is 7.16. The van der Waals surface area contributed by atoms with Crippen molar-refractivity contribution in [2.75, 3.05) is 0 Å². The maximum Gasteiger partial charge on any atom is 0.140 e. The van der Waals surface area contributed by atoms with Crippen LogP contribution in [0, 0.1) is 0 Å². The number of hydrogen-bond donors (Lipinski definition) is 1. The van der Waals surface area contributed by atoms with E-state index >= 15 is 0 Å². The molecule has 1 N–H and O–H groups in total. The summed E-state index contributed by atoms with van der Waals surface area (Å²) < 4.78 is 3.21. The van der Waals surface area contributed by atoms with Crippen molar-refractivity contribution >= 4 is 38.3 Å². The highest BCUT2D eigenvalue weighted by Crippen LogP contribution is 2.25. The molecule has 0 saturated heterocycles. The molecule has 0 unspecified atom stereocenters. The Morgan fingerprint density at radius 2 is 2.22 bits per heavy atom. The number of halogens is 1.